The molecule has 0 aliphatic carbocycles. The molecule has 1 atom stereocenters. The molecule has 1 unspecified atom stereocenters. The first kappa shape index (κ1) is 15.6. The van der Waals surface area contributed by atoms with Gasteiger partial charge in [-0.25, -0.2) is 8.78 Å². The Hall–Kier alpha value is -0.480. The second kappa shape index (κ2) is 5.66. The maximum atomic E-state index is 13.6. The van der Waals surface area contributed by atoms with Crippen LogP contribution in [0, 0.1) is 17.0 Å². The lowest BCUT2D eigenvalue weighted by molar-refractivity contribution is -0.125. The van der Waals surface area contributed by atoms with E-state index in [1.54, 1.807) is 20.8 Å². The fourth-order valence-electron chi connectivity index (χ4n) is 1.51. The zero-order valence-corrected chi connectivity index (χ0v) is 12.7. The number of hydrogen-bond donors (Lipinski definition) is 0. The van der Waals surface area contributed by atoms with Crippen molar-refractivity contribution in [2.75, 3.05) is 0 Å². The number of carbonyl (C=O) groups excluding carboxylic acids is 1. The Labute approximate surface area is 119 Å². The Morgan fingerprint density at radius 1 is 1.39 bits per heavy atom. The van der Waals surface area contributed by atoms with E-state index in [2.05, 4.69) is 15.9 Å². The molecule has 1 nitrogen and oxygen atoms in total. The van der Waals surface area contributed by atoms with Crippen molar-refractivity contribution in [3.8, 4) is 0 Å². The summed E-state index contributed by atoms with van der Waals surface area (Å²) in [6, 6.07) is 1.81. The number of Topliss-reactive ketones (excluding diaryl/α,β-unsaturated/α-hetero) is 1. The van der Waals surface area contributed by atoms with Gasteiger partial charge in [-0.1, -0.05) is 48.3 Å². The van der Waals surface area contributed by atoms with Crippen molar-refractivity contribution in [3.63, 3.8) is 0 Å². The Morgan fingerprint density at radius 2 is 1.94 bits per heavy atom. The molecule has 1 aromatic carbocycles. The van der Waals surface area contributed by atoms with Crippen molar-refractivity contribution < 1.29 is 13.6 Å². The largest absolute Gasteiger partial charge is 0.298 e. The zero-order chi connectivity index (χ0) is 14.1. The fourth-order valence-corrected chi connectivity index (χ4v) is 2.79. The Kier molecular flexibility index (Phi) is 4.90. The molecule has 0 spiro atoms. The summed E-state index contributed by atoms with van der Waals surface area (Å²) < 4.78 is 26.5. The minimum absolute atomic E-state index is 0.00124. The number of halogens is 4. The third-order valence-corrected chi connectivity index (χ3v) is 3.59. The van der Waals surface area contributed by atoms with Crippen molar-refractivity contribution in [1.82, 2.24) is 0 Å². The van der Waals surface area contributed by atoms with Gasteiger partial charge in [0.05, 0.1) is 4.83 Å². The smallest absolute Gasteiger partial charge is 0.152 e. The van der Waals surface area contributed by atoms with E-state index in [4.69, 9.17) is 11.6 Å². The van der Waals surface area contributed by atoms with Crippen LogP contribution in [0.3, 0.4) is 0 Å². The summed E-state index contributed by atoms with van der Waals surface area (Å²) in [5, 5.41) is -0.00124. The molecule has 5 heteroatoms. The van der Waals surface area contributed by atoms with Gasteiger partial charge in [-0.3, -0.25) is 4.79 Å². The van der Waals surface area contributed by atoms with Gasteiger partial charge in [0.2, 0.25) is 0 Å². The summed E-state index contributed by atoms with van der Waals surface area (Å²) in [6.07, 6.45) is 0.0983. The van der Waals surface area contributed by atoms with Crippen LogP contribution in [0.4, 0.5) is 8.78 Å². The molecule has 0 aliphatic heterocycles. The predicted octanol–water partition coefficient (Wildman–Crippen LogP) is 4.54. The SMILES string of the molecule is CC(C)(C)C(=O)C(Br)Cc1c(F)cc(F)cc1Cl. The van der Waals surface area contributed by atoms with Gasteiger partial charge in [0, 0.05) is 22.1 Å². The molecule has 0 N–H and O–H groups in total. The molecule has 100 valence electrons. The Bertz CT molecular complexity index is 446. The topological polar surface area (TPSA) is 17.1 Å². The molecule has 0 aliphatic rings. The highest BCUT2D eigenvalue weighted by molar-refractivity contribution is 9.10. The van der Waals surface area contributed by atoms with Gasteiger partial charge in [-0.15, -0.1) is 0 Å². The maximum absolute atomic E-state index is 13.6. The van der Waals surface area contributed by atoms with E-state index >= 15 is 0 Å². The molecule has 0 bridgehead atoms. The number of hydrogen-bond acceptors (Lipinski definition) is 1. The normalized spacial score (nSPS) is 13.5. The second-order valence-corrected chi connectivity index (χ2v) is 6.65. The van der Waals surface area contributed by atoms with Crippen LogP contribution in [0.1, 0.15) is 26.3 Å². The summed E-state index contributed by atoms with van der Waals surface area (Å²) >= 11 is 9.02. The first-order valence-electron chi connectivity index (χ1n) is 5.44. The first-order chi connectivity index (χ1) is 8.12. The summed E-state index contributed by atoms with van der Waals surface area (Å²) in [7, 11) is 0. The lowest BCUT2D eigenvalue weighted by Crippen LogP contribution is -2.30. The van der Waals surface area contributed by atoms with Gasteiger partial charge in [0.1, 0.15) is 11.6 Å². The van der Waals surface area contributed by atoms with E-state index in [1.165, 1.54) is 0 Å². The average molecular weight is 340 g/mol. The summed E-state index contributed by atoms with van der Waals surface area (Å²) in [4.78, 5) is 11.4. The van der Waals surface area contributed by atoms with Crippen LogP contribution in [0.2, 0.25) is 5.02 Å². The molecule has 0 radical (unpaired) electrons. The van der Waals surface area contributed by atoms with Crippen molar-refractivity contribution >= 4 is 33.3 Å². The van der Waals surface area contributed by atoms with E-state index < -0.39 is 21.9 Å². The maximum Gasteiger partial charge on any atom is 0.152 e. The molecule has 0 fully saturated rings. The summed E-state index contributed by atoms with van der Waals surface area (Å²) in [6.45, 7) is 5.35. The minimum Gasteiger partial charge on any atom is -0.298 e. The highest BCUT2D eigenvalue weighted by atomic mass is 79.9. The second-order valence-electron chi connectivity index (χ2n) is 5.13. The molecule has 1 rings (SSSR count). The van der Waals surface area contributed by atoms with Gasteiger partial charge in [0.25, 0.3) is 0 Å². The van der Waals surface area contributed by atoms with Crippen LogP contribution in [-0.2, 0) is 11.2 Å². The third kappa shape index (κ3) is 3.75. The molecule has 0 saturated carbocycles. The van der Waals surface area contributed by atoms with Crippen LogP contribution in [-0.4, -0.2) is 10.6 Å². The predicted molar refractivity (Wildman–Crippen MR) is 72.2 cm³/mol. The van der Waals surface area contributed by atoms with Crippen molar-refractivity contribution in [1.29, 1.82) is 0 Å². The zero-order valence-electron chi connectivity index (χ0n) is 10.4. The average Bonchev–Trinajstić information content (AvgIpc) is 2.20. The van der Waals surface area contributed by atoms with E-state index in [0.29, 0.717) is 0 Å². The number of rotatable bonds is 3. The number of benzene rings is 1. The van der Waals surface area contributed by atoms with Gasteiger partial charge in [-0.2, -0.15) is 0 Å². The number of ketones is 1. The van der Waals surface area contributed by atoms with Crippen LogP contribution in [0.25, 0.3) is 0 Å². The van der Waals surface area contributed by atoms with Gasteiger partial charge >= 0.3 is 0 Å². The Balaban J connectivity index is 2.96. The monoisotopic (exact) mass is 338 g/mol. The highest BCUT2D eigenvalue weighted by Gasteiger charge is 2.29. The van der Waals surface area contributed by atoms with E-state index in [-0.39, 0.29) is 22.8 Å². The molecule has 0 aromatic heterocycles. The van der Waals surface area contributed by atoms with Crippen molar-refractivity contribution in [2.24, 2.45) is 5.41 Å². The lowest BCUT2D eigenvalue weighted by atomic mass is 9.87. The van der Waals surface area contributed by atoms with Crippen LogP contribution >= 0.6 is 27.5 Å². The quantitative estimate of drug-likeness (QED) is 0.739. The molecule has 1 aromatic rings. The standard InChI is InChI=1S/C13H14BrClF2O/c1-13(2,3)12(18)9(14)6-8-10(15)4-7(16)5-11(8)17/h4-5,9H,6H2,1-3H3. The van der Waals surface area contributed by atoms with Crippen LogP contribution < -0.4 is 0 Å². The van der Waals surface area contributed by atoms with E-state index in [1.807, 2.05) is 0 Å². The molecule has 0 heterocycles. The van der Waals surface area contributed by atoms with Crippen molar-refractivity contribution in [2.45, 2.75) is 32.0 Å². The Morgan fingerprint density at radius 3 is 2.39 bits per heavy atom. The van der Waals surface area contributed by atoms with E-state index in [9.17, 15) is 13.6 Å². The third-order valence-electron chi connectivity index (χ3n) is 2.51. The molecular formula is C13H14BrClF2O. The summed E-state index contributed by atoms with van der Waals surface area (Å²) in [5.74, 6) is -1.51. The minimum atomic E-state index is -0.730. The van der Waals surface area contributed by atoms with E-state index in [0.717, 1.165) is 12.1 Å². The molecule has 0 amide bonds. The van der Waals surface area contributed by atoms with Gasteiger partial charge in [-0.05, 0) is 12.5 Å². The molecule has 0 saturated heterocycles. The van der Waals surface area contributed by atoms with Crippen LogP contribution in [0.15, 0.2) is 12.1 Å². The number of carbonyl (C=O) groups is 1. The van der Waals surface area contributed by atoms with Crippen molar-refractivity contribution in [3.05, 3.63) is 34.4 Å². The molecular weight excluding hydrogens is 325 g/mol. The number of alkyl halides is 1. The molecule has 18 heavy (non-hydrogen) atoms. The first-order valence-corrected chi connectivity index (χ1v) is 6.74. The van der Waals surface area contributed by atoms with Gasteiger partial charge in [0.15, 0.2) is 5.78 Å². The van der Waals surface area contributed by atoms with Gasteiger partial charge < -0.3 is 0 Å². The highest BCUT2D eigenvalue weighted by Crippen LogP contribution is 2.28. The summed E-state index contributed by atoms with van der Waals surface area (Å²) in [5.41, 5.74) is -0.380. The van der Waals surface area contributed by atoms with Crippen LogP contribution in [0.5, 0.6) is 0 Å². The fraction of sp³-hybridized carbons (Fsp3) is 0.462. The lowest BCUT2D eigenvalue weighted by Gasteiger charge is -2.21.